The van der Waals surface area contributed by atoms with Crippen LogP contribution in [0.15, 0.2) is 30.3 Å². The van der Waals surface area contributed by atoms with E-state index in [4.69, 9.17) is 0 Å². The van der Waals surface area contributed by atoms with Crippen molar-refractivity contribution in [2.45, 2.75) is 51.3 Å². The molecule has 4 heteroatoms. The van der Waals surface area contributed by atoms with E-state index in [1.807, 2.05) is 19.9 Å². The summed E-state index contributed by atoms with van der Waals surface area (Å²) in [6.07, 6.45) is 3.62. The molecule has 1 N–H and O–H groups in total. The van der Waals surface area contributed by atoms with Gasteiger partial charge in [-0.05, 0) is 18.4 Å². The van der Waals surface area contributed by atoms with Crippen LogP contribution in [-0.4, -0.2) is 46.0 Å². The number of piperidine rings is 1. The van der Waals surface area contributed by atoms with Gasteiger partial charge in [-0.3, -0.25) is 9.57 Å². The Morgan fingerprint density at radius 2 is 1.86 bits per heavy atom. The molecule has 0 saturated carbocycles. The van der Waals surface area contributed by atoms with E-state index in [1.165, 1.54) is 18.4 Å². The molecule has 2 aliphatic rings. The Morgan fingerprint density at radius 3 is 2.48 bits per heavy atom. The lowest BCUT2D eigenvalue weighted by atomic mass is 9.81. The third kappa shape index (κ3) is 4.04. The normalized spacial score (nSPS) is 25.6. The number of hydrogen-bond acceptors (Lipinski definition) is 3. The average molecular weight is 308 g/mol. The smallest absolute Gasteiger partial charge is 0.106 e. The summed E-state index contributed by atoms with van der Waals surface area (Å²) >= 11 is 0. The molecule has 3 nitrogen and oxygen atoms in total. The highest BCUT2D eigenvalue weighted by Crippen LogP contribution is 2.35. The summed E-state index contributed by atoms with van der Waals surface area (Å²) in [6.45, 7) is 7.65. The molecule has 2 fully saturated rings. The average Bonchev–Trinajstić information content (AvgIpc) is 2.49. The number of benzene rings is 1. The van der Waals surface area contributed by atoms with Crippen LogP contribution < -0.4 is 0 Å². The van der Waals surface area contributed by atoms with Crippen LogP contribution in [0.25, 0.3) is 0 Å². The summed E-state index contributed by atoms with van der Waals surface area (Å²) in [5.74, 6) is 0. The van der Waals surface area contributed by atoms with E-state index in [2.05, 4.69) is 43.2 Å². The van der Waals surface area contributed by atoms with Crippen molar-refractivity contribution in [1.82, 2.24) is 9.57 Å². The number of hydrogen-bond donors (Lipinski definition) is 1. The van der Waals surface area contributed by atoms with Crippen molar-refractivity contribution in [3.05, 3.63) is 35.9 Å². The van der Waals surface area contributed by atoms with Gasteiger partial charge in [-0.25, -0.2) is 0 Å². The van der Waals surface area contributed by atoms with Crippen molar-refractivity contribution in [2.75, 3.05) is 19.6 Å². The molecule has 1 aromatic carbocycles. The van der Waals surface area contributed by atoms with Gasteiger partial charge in [0.1, 0.15) is 5.60 Å². The number of aliphatic hydroxyl groups is 1. The van der Waals surface area contributed by atoms with Crippen molar-refractivity contribution in [3.63, 3.8) is 0 Å². The Labute approximate surface area is 131 Å². The second-order valence-corrected chi connectivity index (χ2v) is 6.65. The summed E-state index contributed by atoms with van der Waals surface area (Å²) in [7, 11) is 2.80. The second kappa shape index (κ2) is 7.69. The van der Waals surface area contributed by atoms with Gasteiger partial charge in [0.25, 0.3) is 0 Å². The molecule has 0 spiro atoms. The minimum absolute atomic E-state index is 0.318. The molecule has 21 heavy (non-hydrogen) atoms. The van der Waals surface area contributed by atoms with Crippen LogP contribution >= 0.6 is 9.39 Å². The van der Waals surface area contributed by atoms with Gasteiger partial charge >= 0.3 is 0 Å². The number of likely N-dealkylation sites (tertiary alicyclic amines) is 1. The predicted octanol–water partition coefficient (Wildman–Crippen LogP) is 2.90. The summed E-state index contributed by atoms with van der Waals surface area (Å²) < 4.78 is 2.27. The monoisotopic (exact) mass is 308 g/mol. The molecule has 1 aromatic rings. The topological polar surface area (TPSA) is 26.7 Å². The molecule has 0 amide bonds. The summed E-state index contributed by atoms with van der Waals surface area (Å²) in [6, 6.07) is 10.8. The standard InChI is InChI=1S/C15H23N2OP.C2H6/c18-15(14-8-4-5-9-17(14)19)11-16(12-15)10-13-6-2-1-3-7-13;1-2/h1-3,6-7,14,18H,4-5,8-12,19H2;1-2H3. The first-order valence-electron chi connectivity index (χ1n) is 8.17. The molecule has 0 radical (unpaired) electrons. The fraction of sp³-hybridized carbons (Fsp3) is 0.647. The van der Waals surface area contributed by atoms with Crippen molar-refractivity contribution >= 4 is 9.39 Å². The maximum Gasteiger partial charge on any atom is 0.106 e. The molecule has 2 heterocycles. The van der Waals surface area contributed by atoms with Crippen LogP contribution in [0.4, 0.5) is 0 Å². The maximum atomic E-state index is 10.8. The number of rotatable bonds is 3. The molecule has 118 valence electrons. The molecule has 3 rings (SSSR count). The molecule has 0 aliphatic carbocycles. The predicted molar refractivity (Wildman–Crippen MR) is 92.1 cm³/mol. The van der Waals surface area contributed by atoms with Crippen LogP contribution in [0.5, 0.6) is 0 Å². The van der Waals surface area contributed by atoms with Gasteiger partial charge in [0.2, 0.25) is 0 Å². The minimum Gasteiger partial charge on any atom is -0.386 e. The maximum absolute atomic E-state index is 10.8. The molecule has 0 bridgehead atoms. The first-order chi connectivity index (χ1) is 10.2. The highest BCUT2D eigenvalue weighted by molar-refractivity contribution is 7.13. The van der Waals surface area contributed by atoms with E-state index in [-0.39, 0.29) is 0 Å². The van der Waals surface area contributed by atoms with Crippen molar-refractivity contribution < 1.29 is 5.11 Å². The fourth-order valence-corrected chi connectivity index (χ4v) is 4.03. The van der Waals surface area contributed by atoms with E-state index < -0.39 is 5.60 Å². The van der Waals surface area contributed by atoms with Crippen LogP contribution in [0.2, 0.25) is 0 Å². The summed E-state index contributed by atoms with van der Waals surface area (Å²) in [5, 5.41) is 10.8. The van der Waals surface area contributed by atoms with Crippen LogP contribution in [-0.2, 0) is 6.54 Å². The van der Waals surface area contributed by atoms with E-state index in [9.17, 15) is 5.11 Å². The van der Waals surface area contributed by atoms with Crippen LogP contribution in [0.1, 0.15) is 38.7 Å². The highest BCUT2D eigenvalue weighted by atomic mass is 31.0. The summed E-state index contributed by atoms with van der Waals surface area (Å²) in [4.78, 5) is 2.34. The van der Waals surface area contributed by atoms with Crippen molar-refractivity contribution in [2.24, 2.45) is 0 Å². The molecule has 2 unspecified atom stereocenters. The van der Waals surface area contributed by atoms with Crippen molar-refractivity contribution in [3.8, 4) is 0 Å². The molecule has 2 aliphatic heterocycles. The Morgan fingerprint density at radius 1 is 1.19 bits per heavy atom. The molecule has 0 aromatic heterocycles. The zero-order valence-corrected chi connectivity index (χ0v) is 14.5. The Kier molecular flexibility index (Phi) is 6.19. The first-order valence-corrected chi connectivity index (χ1v) is 8.69. The fourth-order valence-electron chi connectivity index (χ4n) is 3.42. The van der Waals surface area contributed by atoms with E-state index in [0.717, 1.165) is 32.6 Å². The number of nitrogens with zero attached hydrogens (tertiary/aromatic N) is 2. The Hall–Kier alpha value is -0.470. The van der Waals surface area contributed by atoms with Crippen molar-refractivity contribution in [1.29, 1.82) is 0 Å². The Bertz CT molecular complexity index is 420. The second-order valence-electron chi connectivity index (χ2n) is 5.98. The lowest BCUT2D eigenvalue weighted by molar-refractivity contribution is -0.142. The van der Waals surface area contributed by atoms with Gasteiger partial charge in [-0.15, -0.1) is 0 Å². The zero-order chi connectivity index (χ0) is 15.3. The summed E-state index contributed by atoms with van der Waals surface area (Å²) in [5.41, 5.74) is 0.827. The van der Waals surface area contributed by atoms with Gasteiger partial charge < -0.3 is 5.11 Å². The third-order valence-corrected chi connectivity index (χ3v) is 5.03. The lowest BCUT2D eigenvalue weighted by Gasteiger charge is -2.54. The van der Waals surface area contributed by atoms with E-state index in [1.54, 1.807) is 0 Å². The van der Waals surface area contributed by atoms with Gasteiger partial charge in [0, 0.05) is 32.2 Å². The minimum atomic E-state index is -0.503. The number of β-amino-alcohol motifs (C(OH)–C–C–N with tert-alkyl or cyclic N) is 1. The van der Waals surface area contributed by atoms with Gasteiger partial charge in [-0.1, -0.05) is 60.0 Å². The largest absolute Gasteiger partial charge is 0.386 e. The SMILES string of the molecule is CC.OC1(C2CCCCN2P)CN(Cc2ccccc2)C1. The van der Waals surface area contributed by atoms with Gasteiger partial charge in [-0.2, -0.15) is 0 Å². The first kappa shape index (κ1) is 16.9. The van der Waals surface area contributed by atoms with E-state index in [0.29, 0.717) is 6.04 Å². The molecular weight excluding hydrogens is 279 g/mol. The highest BCUT2D eigenvalue weighted by Gasteiger charge is 2.49. The van der Waals surface area contributed by atoms with E-state index >= 15 is 0 Å². The van der Waals surface area contributed by atoms with Gasteiger partial charge in [0.05, 0.1) is 0 Å². The van der Waals surface area contributed by atoms with Gasteiger partial charge in [0.15, 0.2) is 0 Å². The molecule has 2 atom stereocenters. The quantitative estimate of drug-likeness (QED) is 0.870. The van der Waals surface area contributed by atoms with Crippen LogP contribution in [0, 0.1) is 0 Å². The van der Waals surface area contributed by atoms with Crippen LogP contribution in [0.3, 0.4) is 0 Å². The Balaban J connectivity index is 0.000000774. The lowest BCUT2D eigenvalue weighted by Crippen LogP contribution is -2.69. The zero-order valence-electron chi connectivity index (χ0n) is 13.3. The molecular formula is C17H29N2OP. The third-order valence-electron chi connectivity index (χ3n) is 4.41. The molecule has 2 saturated heterocycles.